The molecule has 3 N–H and O–H groups in total. The summed E-state index contributed by atoms with van der Waals surface area (Å²) < 4.78 is 7.38. The van der Waals surface area contributed by atoms with E-state index in [9.17, 15) is 0 Å². The molecule has 2 heterocycles. The van der Waals surface area contributed by atoms with Crippen LogP contribution in [0.25, 0.3) is 11.3 Å². The van der Waals surface area contributed by atoms with Crippen LogP contribution in [-0.2, 0) is 6.54 Å². The number of nitrogens with one attached hydrogen (secondary N) is 1. The Balaban J connectivity index is 1.82. The van der Waals surface area contributed by atoms with Crippen molar-refractivity contribution in [3.8, 4) is 17.0 Å². The molecule has 0 saturated carbocycles. The summed E-state index contributed by atoms with van der Waals surface area (Å²) in [4.78, 5) is 10.8. The van der Waals surface area contributed by atoms with Crippen molar-refractivity contribution in [3.05, 3.63) is 48.3 Å². The molecule has 0 bridgehead atoms. The van der Waals surface area contributed by atoms with Gasteiger partial charge in [-0.1, -0.05) is 18.2 Å². The van der Waals surface area contributed by atoms with Crippen molar-refractivity contribution in [1.82, 2.24) is 24.6 Å². The number of aromatic nitrogens is 4. The number of likely N-dealkylation sites (N-methyl/N-ethyl adjacent to an activating group) is 1. The van der Waals surface area contributed by atoms with Crippen LogP contribution in [0.5, 0.6) is 5.75 Å². The number of para-hydroxylation sites is 1. The van der Waals surface area contributed by atoms with Crippen LogP contribution in [0.4, 0.5) is 11.8 Å². The fraction of sp³-hybridized carbons (Fsp3) is 0.350. The van der Waals surface area contributed by atoms with Gasteiger partial charge in [-0.3, -0.25) is 4.68 Å². The van der Waals surface area contributed by atoms with Crippen molar-refractivity contribution in [2.45, 2.75) is 19.5 Å². The summed E-state index contributed by atoms with van der Waals surface area (Å²) in [5, 5.41) is 7.69. The quantitative estimate of drug-likeness (QED) is 0.619. The molecular formula is C20H27N7O. The van der Waals surface area contributed by atoms with Crippen LogP contribution in [-0.4, -0.2) is 52.4 Å². The lowest BCUT2D eigenvalue weighted by Gasteiger charge is -2.26. The van der Waals surface area contributed by atoms with Crippen molar-refractivity contribution in [1.29, 1.82) is 0 Å². The summed E-state index contributed by atoms with van der Waals surface area (Å²) in [6.45, 7) is 3.48. The zero-order valence-corrected chi connectivity index (χ0v) is 16.8. The molecule has 28 heavy (non-hydrogen) atoms. The molecular weight excluding hydrogens is 354 g/mol. The molecule has 0 saturated heterocycles. The van der Waals surface area contributed by atoms with Crippen LogP contribution in [0, 0.1) is 0 Å². The second kappa shape index (κ2) is 8.71. The largest absolute Gasteiger partial charge is 0.496 e. The van der Waals surface area contributed by atoms with Crippen LogP contribution in [0.3, 0.4) is 0 Å². The van der Waals surface area contributed by atoms with Crippen molar-refractivity contribution < 1.29 is 4.74 Å². The molecule has 0 radical (unpaired) electrons. The summed E-state index contributed by atoms with van der Waals surface area (Å²) in [7, 11) is 5.77. The first-order valence-corrected chi connectivity index (χ1v) is 9.22. The SMILES string of the molecule is CCn1cc(-c2cc(NC[C@@H](c3ccccc3OC)N(C)C)nc(N)n2)cn1. The molecule has 0 fully saturated rings. The van der Waals surface area contributed by atoms with E-state index in [2.05, 4.69) is 31.3 Å². The van der Waals surface area contributed by atoms with E-state index in [4.69, 9.17) is 10.5 Å². The third-order valence-electron chi connectivity index (χ3n) is 4.59. The summed E-state index contributed by atoms with van der Waals surface area (Å²) >= 11 is 0. The number of hydrogen-bond donors (Lipinski definition) is 2. The third-order valence-corrected chi connectivity index (χ3v) is 4.59. The molecule has 3 aromatic rings. The van der Waals surface area contributed by atoms with E-state index in [1.807, 2.05) is 56.2 Å². The highest BCUT2D eigenvalue weighted by Crippen LogP contribution is 2.28. The second-order valence-corrected chi connectivity index (χ2v) is 6.68. The Morgan fingerprint density at radius 1 is 1.25 bits per heavy atom. The Bertz CT molecular complexity index is 922. The van der Waals surface area contributed by atoms with Gasteiger partial charge in [0.1, 0.15) is 11.6 Å². The lowest BCUT2D eigenvalue weighted by atomic mass is 10.0. The van der Waals surface area contributed by atoms with E-state index in [1.165, 1.54) is 0 Å². The van der Waals surface area contributed by atoms with E-state index >= 15 is 0 Å². The molecule has 2 aromatic heterocycles. The molecule has 0 aliphatic rings. The molecule has 8 heteroatoms. The number of rotatable bonds is 8. The van der Waals surface area contributed by atoms with Gasteiger partial charge in [-0.05, 0) is 27.1 Å². The fourth-order valence-corrected chi connectivity index (χ4v) is 3.09. The molecule has 1 atom stereocenters. The van der Waals surface area contributed by atoms with Crippen LogP contribution in [0.15, 0.2) is 42.7 Å². The minimum atomic E-state index is 0.0960. The first-order valence-electron chi connectivity index (χ1n) is 9.22. The van der Waals surface area contributed by atoms with Crippen molar-refractivity contribution in [3.63, 3.8) is 0 Å². The number of aryl methyl sites for hydroxylation is 1. The second-order valence-electron chi connectivity index (χ2n) is 6.68. The molecule has 1 aromatic carbocycles. The minimum absolute atomic E-state index is 0.0960. The molecule has 3 rings (SSSR count). The molecule has 0 unspecified atom stereocenters. The zero-order chi connectivity index (χ0) is 20.1. The molecule has 0 spiro atoms. The van der Waals surface area contributed by atoms with Gasteiger partial charge < -0.3 is 20.7 Å². The predicted octanol–water partition coefficient (Wildman–Crippen LogP) is 2.67. The van der Waals surface area contributed by atoms with E-state index in [1.54, 1.807) is 13.3 Å². The number of methoxy groups -OCH3 is 1. The third kappa shape index (κ3) is 4.40. The zero-order valence-electron chi connectivity index (χ0n) is 16.8. The summed E-state index contributed by atoms with van der Waals surface area (Å²) in [5.41, 5.74) is 8.70. The van der Waals surface area contributed by atoms with E-state index < -0.39 is 0 Å². The van der Waals surface area contributed by atoms with E-state index in [0.717, 1.165) is 29.1 Å². The highest BCUT2D eigenvalue weighted by atomic mass is 16.5. The molecule has 0 aliphatic heterocycles. The first kappa shape index (κ1) is 19.6. The maximum Gasteiger partial charge on any atom is 0.222 e. The number of anilines is 2. The van der Waals surface area contributed by atoms with E-state index in [-0.39, 0.29) is 12.0 Å². The van der Waals surface area contributed by atoms with Gasteiger partial charge in [-0.2, -0.15) is 10.1 Å². The molecule has 0 aliphatic carbocycles. The number of nitrogen functional groups attached to an aromatic ring is 1. The van der Waals surface area contributed by atoms with Gasteiger partial charge in [0.05, 0.1) is 25.0 Å². The van der Waals surface area contributed by atoms with Gasteiger partial charge >= 0.3 is 0 Å². The smallest absolute Gasteiger partial charge is 0.222 e. The summed E-state index contributed by atoms with van der Waals surface area (Å²) in [5.74, 6) is 1.76. The normalized spacial score (nSPS) is 12.2. The predicted molar refractivity (Wildman–Crippen MR) is 111 cm³/mol. The topological polar surface area (TPSA) is 94.1 Å². The van der Waals surface area contributed by atoms with Crippen molar-refractivity contribution in [2.75, 3.05) is 38.8 Å². The Labute approximate surface area is 165 Å². The van der Waals surface area contributed by atoms with Gasteiger partial charge in [-0.25, -0.2) is 4.98 Å². The van der Waals surface area contributed by atoms with Crippen LogP contribution < -0.4 is 15.8 Å². The highest BCUT2D eigenvalue weighted by Gasteiger charge is 2.18. The monoisotopic (exact) mass is 381 g/mol. The van der Waals surface area contributed by atoms with Gasteiger partial charge in [0.15, 0.2) is 0 Å². The number of nitrogens with zero attached hydrogens (tertiary/aromatic N) is 5. The number of hydrogen-bond acceptors (Lipinski definition) is 7. The van der Waals surface area contributed by atoms with E-state index in [0.29, 0.717) is 12.4 Å². The molecule has 148 valence electrons. The molecule has 0 amide bonds. The number of nitrogens with two attached hydrogens (primary N) is 1. The maximum atomic E-state index is 5.94. The lowest BCUT2D eigenvalue weighted by Crippen LogP contribution is -2.27. The minimum Gasteiger partial charge on any atom is -0.496 e. The lowest BCUT2D eigenvalue weighted by molar-refractivity contribution is 0.300. The Morgan fingerprint density at radius 2 is 2.04 bits per heavy atom. The average Bonchev–Trinajstić information content (AvgIpc) is 3.17. The standard InChI is InChI=1S/C20H27N7O/c1-5-27-13-14(11-23-27)16-10-19(25-20(21)24-16)22-12-17(26(2)3)15-8-6-7-9-18(15)28-4/h6-11,13,17H,5,12H2,1-4H3,(H3,21,22,24,25)/t17-/m0/s1. The van der Waals surface area contributed by atoms with Crippen LogP contribution in [0.2, 0.25) is 0 Å². The van der Waals surface area contributed by atoms with Gasteiger partial charge in [0.2, 0.25) is 5.95 Å². The Hall–Kier alpha value is -3.13. The Kier molecular flexibility index (Phi) is 6.10. The van der Waals surface area contributed by atoms with Crippen LogP contribution >= 0.6 is 0 Å². The van der Waals surface area contributed by atoms with Crippen LogP contribution in [0.1, 0.15) is 18.5 Å². The Morgan fingerprint density at radius 3 is 2.71 bits per heavy atom. The highest BCUT2D eigenvalue weighted by molar-refractivity contribution is 5.62. The number of benzene rings is 1. The maximum absolute atomic E-state index is 5.94. The van der Waals surface area contributed by atoms with Crippen molar-refractivity contribution in [2.24, 2.45) is 0 Å². The van der Waals surface area contributed by atoms with Gasteiger partial charge in [0, 0.05) is 36.5 Å². The fourth-order valence-electron chi connectivity index (χ4n) is 3.09. The van der Waals surface area contributed by atoms with Gasteiger partial charge in [0.25, 0.3) is 0 Å². The van der Waals surface area contributed by atoms with Gasteiger partial charge in [-0.15, -0.1) is 0 Å². The van der Waals surface area contributed by atoms with Crippen molar-refractivity contribution >= 4 is 11.8 Å². The summed E-state index contributed by atoms with van der Waals surface area (Å²) in [6.07, 6.45) is 3.73. The first-order chi connectivity index (χ1) is 13.5. The average molecular weight is 381 g/mol. The molecule has 8 nitrogen and oxygen atoms in total. The number of ether oxygens (including phenoxy) is 1. The summed E-state index contributed by atoms with van der Waals surface area (Å²) in [6, 6.07) is 10.0.